The molecule has 0 bridgehead atoms. The summed E-state index contributed by atoms with van der Waals surface area (Å²) in [7, 11) is -3.01. The monoisotopic (exact) mass is 345 g/mol. The molecule has 22 heavy (non-hydrogen) atoms. The molecule has 120 valence electrons. The molecule has 1 heterocycles. The van der Waals surface area contributed by atoms with Crippen molar-refractivity contribution in [1.82, 2.24) is 0 Å². The van der Waals surface area contributed by atoms with Crippen molar-refractivity contribution in [1.29, 1.82) is 0 Å². The lowest BCUT2D eigenvalue weighted by Gasteiger charge is -2.09. The molecular formula is C14H16ClNO5S. The Morgan fingerprint density at radius 1 is 1.27 bits per heavy atom. The molecule has 1 amide bonds. The molecule has 1 atom stereocenters. The summed E-state index contributed by atoms with van der Waals surface area (Å²) < 4.78 is 27.4. The SMILES string of the molecule is O=C(COC(=O)C[C@@H]1CCS(=O)(=O)C1)Nc1ccc(Cl)cc1. The van der Waals surface area contributed by atoms with Crippen LogP contribution in [0.4, 0.5) is 5.69 Å². The average Bonchev–Trinajstić information content (AvgIpc) is 2.78. The maximum atomic E-state index is 11.6. The van der Waals surface area contributed by atoms with Crippen LogP contribution in [-0.4, -0.2) is 38.4 Å². The normalized spacial score (nSPS) is 19.6. The van der Waals surface area contributed by atoms with E-state index in [1.54, 1.807) is 24.3 Å². The number of halogens is 1. The zero-order chi connectivity index (χ0) is 16.2. The van der Waals surface area contributed by atoms with E-state index >= 15 is 0 Å². The highest BCUT2D eigenvalue weighted by molar-refractivity contribution is 7.91. The van der Waals surface area contributed by atoms with E-state index in [2.05, 4.69) is 5.32 Å². The fourth-order valence-corrected chi connectivity index (χ4v) is 4.19. The van der Waals surface area contributed by atoms with Gasteiger partial charge in [-0.15, -0.1) is 0 Å². The molecule has 1 aromatic rings. The summed E-state index contributed by atoms with van der Waals surface area (Å²) in [5, 5.41) is 3.11. The topological polar surface area (TPSA) is 89.5 Å². The summed E-state index contributed by atoms with van der Waals surface area (Å²) in [5.74, 6) is -1.11. The van der Waals surface area contributed by atoms with Gasteiger partial charge in [-0.2, -0.15) is 0 Å². The largest absolute Gasteiger partial charge is 0.456 e. The van der Waals surface area contributed by atoms with Gasteiger partial charge in [-0.05, 0) is 36.6 Å². The molecule has 1 aliphatic heterocycles. The van der Waals surface area contributed by atoms with Crippen molar-refractivity contribution >= 4 is 39.0 Å². The smallest absolute Gasteiger partial charge is 0.306 e. The minimum atomic E-state index is -3.01. The standard InChI is InChI=1S/C14H16ClNO5S/c15-11-1-3-12(4-2-11)16-13(17)8-21-14(18)7-10-5-6-22(19,20)9-10/h1-4,10H,5-9H2,(H,16,17)/t10-/m0/s1. The number of hydrogen-bond donors (Lipinski definition) is 1. The van der Waals surface area contributed by atoms with Gasteiger partial charge in [-0.3, -0.25) is 9.59 Å². The van der Waals surface area contributed by atoms with Crippen molar-refractivity contribution in [3.63, 3.8) is 0 Å². The molecule has 0 saturated carbocycles. The van der Waals surface area contributed by atoms with Gasteiger partial charge in [0.05, 0.1) is 11.5 Å². The van der Waals surface area contributed by atoms with Gasteiger partial charge in [0, 0.05) is 17.1 Å². The predicted octanol–water partition coefficient (Wildman–Crippen LogP) is 1.65. The third-order valence-corrected chi connectivity index (χ3v) is 5.36. The van der Waals surface area contributed by atoms with Gasteiger partial charge in [-0.25, -0.2) is 8.42 Å². The van der Waals surface area contributed by atoms with Crippen LogP contribution < -0.4 is 5.32 Å². The minimum absolute atomic E-state index is 0.0130. The highest BCUT2D eigenvalue weighted by Gasteiger charge is 2.29. The van der Waals surface area contributed by atoms with E-state index in [1.807, 2.05) is 0 Å². The molecule has 1 aromatic carbocycles. The lowest BCUT2D eigenvalue weighted by Crippen LogP contribution is -2.22. The van der Waals surface area contributed by atoms with Crippen LogP contribution in [-0.2, 0) is 24.2 Å². The van der Waals surface area contributed by atoms with Crippen molar-refractivity contribution in [2.75, 3.05) is 23.4 Å². The maximum absolute atomic E-state index is 11.6. The molecule has 1 fully saturated rings. The molecule has 1 aliphatic rings. The third kappa shape index (κ3) is 5.31. The number of rotatable bonds is 5. The summed E-state index contributed by atoms with van der Waals surface area (Å²) in [5.41, 5.74) is 0.548. The first-order valence-electron chi connectivity index (χ1n) is 6.75. The summed E-state index contributed by atoms with van der Waals surface area (Å²) in [6.07, 6.45) is 0.488. The number of ether oxygens (including phenoxy) is 1. The first kappa shape index (κ1) is 16.8. The Balaban J connectivity index is 1.72. The zero-order valence-corrected chi connectivity index (χ0v) is 13.3. The molecule has 1 N–H and O–H groups in total. The van der Waals surface area contributed by atoms with Gasteiger partial charge in [0.2, 0.25) is 0 Å². The highest BCUT2D eigenvalue weighted by Crippen LogP contribution is 2.21. The van der Waals surface area contributed by atoms with Gasteiger partial charge >= 0.3 is 5.97 Å². The Morgan fingerprint density at radius 3 is 2.55 bits per heavy atom. The fourth-order valence-electron chi connectivity index (χ4n) is 2.20. The molecule has 0 aromatic heterocycles. The Kier molecular flexibility index (Phi) is 5.42. The molecule has 0 spiro atoms. The van der Waals surface area contributed by atoms with Crippen LogP contribution in [0.2, 0.25) is 5.02 Å². The van der Waals surface area contributed by atoms with Crippen LogP contribution >= 0.6 is 11.6 Å². The van der Waals surface area contributed by atoms with Crippen molar-refractivity contribution in [3.05, 3.63) is 29.3 Å². The quantitative estimate of drug-likeness (QED) is 0.819. The van der Waals surface area contributed by atoms with Gasteiger partial charge in [0.1, 0.15) is 0 Å². The number of anilines is 1. The van der Waals surface area contributed by atoms with E-state index in [1.165, 1.54) is 0 Å². The lowest BCUT2D eigenvalue weighted by molar-refractivity contribution is -0.148. The van der Waals surface area contributed by atoms with Gasteiger partial charge < -0.3 is 10.1 Å². The predicted molar refractivity (Wildman–Crippen MR) is 82.4 cm³/mol. The highest BCUT2D eigenvalue weighted by atomic mass is 35.5. The molecule has 0 radical (unpaired) electrons. The van der Waals surface area contributed by atoms with E-state index in [9.17, 15) is 18.0 Å². The van der Waals surface area contributed by atoms with Crippen LogP contribution in [0.1, 0.15) is 12.8 Å². The number of benzene rings is 1. The number of sulfone groups is 1. The van der Waals surface area contributed by atoms with Crippen LogP contribution in [0.5, 0.6) is 0 Å². The molecule has 2 rings (SSSR count). The number of esters is 1. The zero-order valence-electron chi connectivity index (χ0n) is 11.7. The second-order valence-electron chi connectivity index (χ2n) is 5.19. The van der Waals surface area contributed by atoms with E-state index in [4.69, 9.17) is 16.3 Å². The Labute approximate surface area is 133 Å². The van der Waals surface area contributed by atoms with E-state index in [-0.39, 0.29) is 23.8 Å². The first-order chi connectivity index (χ1) is 10.3. The number of nitrogens with one attached hydrogen (secondary N) is 1. The second kappa shape index (κ2) is 7.11. The Bertz CT molecular complexity index is 656. The molecular weight excluding hydrogens is 330 g/mol. The van der Waals surface area contributed by atoms with E-state index in [0.29, 0.717) is 17.1 Å². The Morgan fingerprint density at radius 2 is 1.95 bits per heavy atom. The molecule has 6 nitrogen and oxygen atoms in total. The number of carbonyl (C=O) groups is 2. The molecule has 8 heteroatoms. The lowest BCUT2D eigenvalue weighted by atomic mass is 10.1. The van der Waals surface area contributed by atoms with Crippen molar-refractivity contribution in [2.24, 2.45) is 5.92 Å². The van der Waals surface area contributed by atoms with Crippen LogP contribution in [0.15, 0.2) is 24.3 Å². The molecule has 0 unspecified atom stereocenters. The molecule has 1 saturated heterocycles. The van der Waals surface area contributed by atoms with Gasteiger partial charge in [0.25, 0.3) is 5.91 Å². The third-order valence-electron chi connectivity index (χ3n) is 3.27. The van der Waals surface area contributed by atoms with Crippen molar-refractivity contribution in [2.45, 2.75) is 12.8 Å². The summed E-state index contributed by atoms with van der Waals surface area (Å²) in [6, 6.07) is 6.52. The van der Waals surface area contributed by atoms with E-state index in [0.717, 1.165) is 0 Å². The fraction of sp³-hybridized carbons (Fsp3) is 0.429. The second-order valence-corrected chi connectivity index (χ2v) is 7.85. The van der Waals surface area contributed by atoms with Crippen molar-refractivity contribution in [3.8, 4) is 0 Å². The average molecular weight is 346 g/mol. The maximum Gasteiger partial charge on any atom is 0.306 e. The number of carbonyl (C=O) groups excluding carboxylic acids is 2. The summed E-state index contributed by atoms with van der Waals surface area (Å²) >= 11 is 5.73. The number of hydrogen-bond acceptors (Lipinski definition) is 5. The number of amides is 1. The van der Waals surface area contributed by atoms with Crippen LogP contribution in [0.25, 0.3) is 0 Å². The van der Waals surface area contributed by atoms with Gasteiger partial charge in [0.15, 0.2) is 16.4 Å². The summed E-state index contributed by atoms with van der Waals surface area (Å²) in [4.78, 5) is 23.2. The van der Waals surface area contributed by atoms with E-state index < -0.39 is 28.3 Å². The van der Waals surface area contributed by atoms with Crippen LogP contribution in [0, 0.1) is 5.92 Å². The van der Waals surface area contributed by atoms with Crippen molar-refractivity contribution < 1.29 is 22.7 Å². The molecule has 0 aliphatic carbocycles. The first-order valence-corrected chi connectivity index (χ1v) is 8.95. The van der Waals surface area contributed by atoms with Crippen LogP contribution in [0.3, 0.4) is 0 Å². The van der Waals surface area contributed by atoms with Gasteiger partial charge in [-0.1, -0.05) is 11.6 Å². The Hall–Kier alpha value is -1.60. The summed E-state index contributed by atoms with van der Waals surface area (Å²) in [6.45, 7) is -0.402. The minimum Gasteiger partial charge on any atom is -0.456 e.